The van der Waals surface area contributed by atoms with E-state index >= 15 is 0 Å². The van der Waals surface area contributed by atoms with Crippen LogP contribution in [0, 0.1) is 5.92 Å². The molecule has 0 bridgehead atoms. The van der Waals surface area contributed by atoms with Crippen molar-refractivity contribution < 1.29 is 14.4 Å². The quantitative estimate of drug-likeness (QED) is 0.421. The van der Waals surface area contributed by atoms with Gasteiger partial charge >= 0.3 is 0 Å². The highest BCUT2D eigenvalue weighted by molar-refractivity contribution is 6.06. The molecule has 176 valence electrons. The van der Waals surface area contributed by atoms with Crippen LogP contribution in [0.5, 0.6) is 0 Å². The smallest absolute Gasteiger partial charge is 0.258 e. The number of hydrogen-bond donors (Lipinski definition) is 3. The fraction of sp³-hybridized carbons (Fsp3) is 0.222. The number of carbonyl (C=O) groups excluding carboxylic acids is 3. The van der Waals surface area contributed by atoms with Crippen LogP contribution in [0.25, 0.3) is 0 Å². The van der Waals surface area contributed by atoms with Crippen molar-refractivity contribution in [1.29, 1.82) is 0 Å². The summed E-state index contributed by atoms with van der Waals surface area (Å²) in [6.45, 7) is 6.13. The third-order valence-electron chi connectivity index (χ3n) is 5.13. The number of nitrogens with zero attached hydrogens (tertiary/aromatic N) is 1. The van der Waals surface area contributed by atoms with E-state index in [1.54, 1.807) is 47.4 Å². The van der Waals surface area contributed by atoms with Crippen LogP contribution in [0.15, 0.2) is 78.9 Å². The summed E-state index contributed by atoms with van der Waals surface area (Å²) < 4.78 is 0. The molecule has 3 rings (SSSR count). The van der Waals surface area contributed by atoms with Gasteiger partial charge in [-0.2, -0.15) is 0 Å². The van der Waals surface area contributed by atoms with Gasteiger partial charge in [-0.15, -0.1) is 0 Å². The van der Waals surface area contributed by atoms with Gasteiger partial charge in [0.1, 0.15) is 0 Å². The molecule has 0 aromatic heterocycles. The molecule has 0 heterocycles. The molecule has 0 aliphatic rings. The first kappa shape index (κ1) is 24.5. The molecule has 0 saturated carbocycles. The summed E-state index contributed by atoms with van der Waals surface area (Å²) in [6.07, 6.45) is 0. The summed E-state index contributed by atoms with van der Waals surface area (Å²) >= 11 is 0. The van der Waals surface area contributed by atoms with Crippen LogP contribution in [-0.2, 0) is 9.59 Å². The van der Waals surface area contributed by atoms with Crippen molar-refractivity contribution in [3.63, 3.8) is 0 Å². The zero-order chi connectivity index (χ0) is 24.5. The predicted octanol–water partition coefficient (Wildman–Crippen LogP) is 5.00. The van der Waals surface area contributed by atoms with Crippen molar-refractivity contribution in [1.82, 2.24) is 0 Å². The average Bonchev–Trinajstić information content (AvgIpc) is 2.84. The van der Waals surface area contributed by atoms with E-state index in [2.05, 4.69) is 16.0 Å². The third kappa shape index (κ3) is 6.68. The number of hydrogen-bond acceptors (Lipinski definition) is 4. The van der Waals surface area contributed by atoms with Gasteiger partial charge < -0.3 is 20.9 Å². The molecule has 34 heavy (non-hydrogen) atoms. The monoisotopic (exact) mass is 458 g/mol. The molecule has 0 fully saturated rings. The van der Waals surface area contributed by atoms with Gasteiger partial charge in [0.25, 0.3) is 5.91 Å². The van der Waals surface area contributed by atoms with E-state index in [1.807, 2.05) is 57.2 Å². The summed E-state index contributed by atoms with van der Waals surface area (Å²) in [5, 5.41) is 8.69. The highest BCUT2D eigenvalue weighted by atomic mass is 16.2. The van der Waals surface area contributed by atoms with Crippen LogP contribution < -0.4 is 20.9 Å². The summed E-state index contributed by atoms with van der Waals surface area (Å²) in [7, 11) is 0. The van der Waals surface area contributed by atoms with Gasteiger partial charge in [0.2, 0.25) is 11.8 Å². The van der Waals surface area contributed by atoms with E-state index in [-0.39, 0.29) is 30.2 Å². The van der Waals surface area contributed by atoms with E-state index < -0.39 is 0 Å². The van der Waals surface area contributed by atoms with Crippen molar-refractivity contribution in [2.75, 3.05) is 33.9 Å². The normalized spacial score (nSPS) is 10.5. The Kier molecular flexibility index (Phi) is 8.40. The molecular weight excluding hydrogens is 428 g/mol. The molecule has 0 unspecified atom stereocenters. The van der Waals surface area contributed by atoms with Crippen molar-refractivity contribution in [3.05, 3.63) is 84.4 Å². The fourth-order valence-corrected chi connectivity index (χ4v) is 3.32. The Morgan fingerprint density at radius 2 is 1.44 bits per heavy atom. The maximum absolute atomic E-state index is 13.0. The number of carbonyl (C=O) groups is 3. The molecule has 0 atom stereocenters. The van der Waals surface area contributed by atoms with Crippen LogP contribution in [0.4, 0.5) is 22.7 Å². The SMILES string of the molecule is CCN(C(=O)c1cccc(NCC(=O)Nc2cccc(NC(=O)C(C)C)c2)c1)c1ccccc1. The average molecular weight is 459 g/mol. The van der Waals surface area contributed by atoms with Gasteiger partial charge in [-0.1, -0.05) is 44.2 Å². The van der Waals surface area contributed by atoms with Crippen molar-refractivity contribution >= 4 is 40.5 Å². The van der Waals surface area contributed by atoms with Crippen LogP contribution in [0.3, 0.4) is 0 Å². The molecule has 7 nitrogen and oxygen atoms in total. The number of amides is 3. The van der Waals surface area contributed by atoms with E-state index in [1.165, 1.54) is 0 Å². The Labute approximate surface area is 200 Å². The maximum Gasteiger partial charge on any atom is 0.258 e. The topological polar surface area (TPSA) is 90.5 Å². The first-order valence-electron chi connectivity index (χ1n) is 11.3. The highest BCUT2D eigenvalue weighted by Crippen LogP contribution is 2.19. The van der Waals surface area contributed by atoms with Crippen molar-refractivity contribution in [2.45, 2.75) is 20.8 Å². The van der Waals surface area contributed by atoms with Crippen LogP contribution >= 0.6 is 0 Å². The second-order valence-corrected chi connectivity index (χ2v) is 8.09. The number of para-hydroxylation sites is 1. The van der Waals surface area contributed by atoms with Gasteiger partial charge in [-0.3, -0.25) is 14.4 Å². The molecule has 0 aliphatic carbocycles. The lowest BCUT2D eigenvalue weighted by atomic mass is 10.1. The summed E-state index contributed by atoms with van der Waals surface area (Å²) in [6, 6.07) is 23.6. The number of anilines is 4. The summed E-state index contributed by atoms with van der Waals surface area (Å²) in [5.41, 5.74) is 3.24. The van der Waals surface area contributed by atoms with Gasteiger partial charge in [-0.05, 0) is 55.5 Å². The van der Waals surface area contributed by atoms with Gasteiger partial charge in [-0.25, -0.2) is 0 Å². The second-order valence-electron chi connectivity index (χ2n) is 8.09. The largest absolute Gasteiger partial charge is 0.376 e. The summed E-state index contributed by atoms with van der Waals surface area (Å²) in [4.78, 5) is 39.1. The minimum atomic E-state index is -0.247. The standard InChI is InChI=1S/C27H30N4O3/c1-4-31(24-14-6-5-7-15-24)27(34)20-10-8-11-21(16-20)28-18-25(32)29-22-12-9-13-23(17-22)30-26(33)19(2)3/h5-17,19,28H,4,18H2,1-3H3,(H,29,32)(H,30,33). The lowest BCUT2D eigenvalue weighted by Crippen LogP contribution is -2.30. The van der Waals surface area contributed by atoms with Crippen molar-refractivity contribution in [3.8, 4) is 0 Å². The van der Waals surface area contributed by atoms with E-state index in [4.69, 9.17) is 0 Å². The minimum Gasteiger partial charge on any atom is -0.376 e. The first-order chi connectivity index (χ1) is 16.4. The molecule has 3 amide bonds. The molecule has 0 spiro atoms. The van der Waals surface area contributed by atoms with E-state index in [0.717, 1.165) is 5.69 Å². The molecule has 3 aromatic carbocycles. The number of nitrogens with one attached hydrogen (secondary N) is 3. The Balaban J connectivity index is 1.60. The Morgan fingerprint density at radius 3 is 2.12 bits per heavy atom. The second kappa shape index (κ2) is 11.7. The lowest BCUT2D eigenvalue weighted by Gasteiger charge is -2.21. The van der Waals surface area contributed by atoms with Gasteiger partial charge in [0.15, 0.2) is 0 Å². The van der Waals surface area contributed by atoms with Crippen LogP contribution in [0.1, 0.15) is 31.1 Å². The van der Waals surface area contributed by atoms with Crippen LogP contribution in [0.2, 0.25) is 0 Å². The Bertz CT molecular complexity index is 1150. The van der Waals surface area contributed by atoms with Crippen LogP contribution in [-0.4, -0.2) is 30.8 Å². The maximum atomic E-state index is 13.0. The third-order valence-corrected chi connectivity index (χ3v) is 5.13. The molecule has 0 saturated heterocycles. The molecule has 0 aliphatic heterocycles. The Morgan fingerprint density at radius 1 is 0.794 bits per heavy atom. The molecule has 0 radical (unpaired) electrons. The van der Waals surface area contributed by atoms with E-state index in [9.17, 15) is 14.4 Å². The lowest BCUT2D eigenvalue weighted by molar-refractivity contribution is -0.119. The molecule has 7 heteroatoms. The zero-order valence-corrected chi connectivity index (χ0v) is 19.7. The number of benzene rings is 3. The molecule has 3 N–H and O–H groups in total. The minimum absolute atomic E-state index is 0.0242. The fourth-order valence-electron chi connectivity index (χ4n) is 3.32. The predicted molar refractivity (Wildman–Crippen MR) is 137 cm³/mol. The van der Waals surface area contributed by atoms with E-state index in [0.29, 0.717) is 29.2 Å². The van der Waals surface area contributed by atoms with Gasteiger partial charge in [0, 0.05) is 40.8 Å². The molecule has 3 aromatic rings. The highest BCUT2D eigenvalue weighted by Gasteiger charge is 2.16. The first-order valence-corrected chi connectivity index (χ1v) is 11.3. The number of rotatable bonds is 9. The van der Waals surface area contributed by atoms with Crippen molar-refractivity contribution in [2.24, 2.45) is 5.92 Å². The summed E-state index contributed by atoms with van der Waals surface area (Å²) in [5.74, 6) is -0.582. The molecular formula is C27H30N4O3. The zero-order valence-electron chi connectivity index (χ0n) is 19.7. The van der Waals surface area contributed by atoms with Gasteiger partial charge in [0.05, 0.1) is 6.54 Å². The Hall–Kier alpha value is -4.13.